The van der Waals surface area contributed by atoms with Crippen LogP contribution in [0.5, 0.6) is 0 Å². The van der Waals surface area contributed by atoms with E-state index in [2.05, 4.69) is 25.8 Å². The van der Waals surface area contributed by atoms with Crippen LogP contribution in [0, 0.1) is 11.8 Å². The van der Waals surface area contributed by atoms with Crippen molar-refractivity contribution >= 4 is 0 Å². The number of rotatable bonds is 7. The first kappa shape index (κ1) is 14.0. The summed E-state index contributed by atoms with van der Waals surface area (Å²) in [5.41, 5.74) is 5.84. The second kappa shape index (κ2) is 7.29. The molecule has 16 heavy (non-hydrogen) atoms. The van der Waals surface area contributed by atoms with Crippen molar-refractivity contribution in [2.75, 3.05) is 20.1 Å². The minimum atomic E-state index is 0.726. The van der Waals surface area contributed by atoms with E-state index in [1.165, 1.54) is 45.1 Å². The topological polar surface area (TPSA) is 29.3 Å². The lowest BCUT2D eigenvalue weighted by Gasteiger charge is -2.26. The second-order valence-electron chi connectivity index (χ2n) is 5.94. The van der Waals surface area contributed by atoms with Crippen molar-refractivity contribution in [2.45, 2.75) is 58.4 Å². The zero-order valence-corrected chi connectivity index (χ0v) is 11.4. The Hall–Kier alpha value is -0.0800. The van der Waals surface area contributed by atoms with Crippen LogP contribution in [0.1, 0.15) is 52.4 Å². The molecule has 2 N–H and O–H groups in total. The van der Waals surface area contributed by atoms with Crippen LogP contribution in [-0.2, 0) is 0 Å². The number of nitrogens with two attached hydrogens (primary N) is 1. The lowest BCUT2D eigenvalue weighted by molar-refractivity contribution is 0.221. The van der Waals surface area contributed by atoms with Crippen molar-refractivity contribution in [2.24, 2.45) is 17.6 Å². The van der Waals surface area contributed by atoms with Crippen molar-refractivity contribution in [1.29, 1.82) is 0 Å². The summed E-state index contributed by atoms with van der Waals surface area (Å²) >= 11 is 0. The van der Waals surface area contributed by atoms with E-state index in [0.29, 0.717) is 0 Å². The molecule has 0 bridgehead atoms. The first-order valence-electron chi connectivity index (χ1n) is 7.03. The molecule has 2 nitrogen and oxygen atoms in total. The average Bonchev–Trinajstić information content (AvgIpc) is 2.76. The molecule has 0 aliphatic heterocycles. The third-order valence-corrected chi connectivity index (χ3v) is 3.98. The highest BCUT2D eigenvalue weighted by atomic mass is 15.1. The fourth-order valence-corrected chi connectivity index (χ4v) is 2.91. The minimum Gasteiger partial charge on any atom is -0.330 e. The van der Waals surface area contributed by atoms with E-state index in [1.807, 2.05) is 0 Å². The maximum absolute atomic E-state index is 5.84. The fraction of sp³-hybridized carbons (Fsp3) is 1.00. The van der Waals surface area contributed by atoms with E-state index in [1.54, 1.807) is 0 Å². The van der Waals surface area contributed by atoms with Gasteiger partial charge in [-0.2, -0.15) is 0 Å². The third kappa shape index (κ3) is 4.84. The van der Waals surface area contributed by atoms with Crippen molar-refractivity contribution in [3.05, 3.63) is 0 Å². The van der Waals surface area contributed by atoms with Gasteiger partial charge >= 0.3 is 0 Å². The van der Waals surface area contributed by atoms with Gasteiger partial charge in [0.1, 0.15) is 0 Å². The first-order chi connectivity index (χ1) is 7.63. The lowest BCUT2D eigenvalue weighted by Crippen LogP contribution is -2.32. The first-order valence-corrected chi connectivity index (χ1v) is 7.03. The molecule has 1 fully saturated rings. The van der Waals surface area contributed by atoms with Crippen LogP contribution in [0.2, 0.25) is 0 Å². The summed E-state index contributed by atoms with van der Waals surface area (Å²) in [4.78, 5) is 2.57. The quantitative estimate of drug-likeness (QED) is 0.723. The highest BCUT2D eigenvalue weighted by molar-refractivity contribution is 4.76. The molecule has 1 atom stereocenters. The molecule has 0 radical (unpaired) electrons. The zero-order valence-electron chi connectivity index (χ0n) is 11.4. The van der Waals surface area contributed by atoms with Crippen LogP contribution < -0.4 is 5.73 Å². The van der Waals surface area contributed by atoms with E-state index in [4.69, 9.17) is 5.73 Å². The normalized spacial score (nSPS) is 19.9. The predicted molar refractivity (Wildman–Crippen MR) is 71.5 cm³/mol. The lowest BCUT2D eigenvalue weighted by atomic mass is 9.94. The summed E-state index contributed by atoms with van der Waals surface area (Å²) in [6, 6.07) is 0.859. The van der Waals surface area contributed by atoms with Crippen molar-refractivity contribution in [1.82, 2.24) is 4.90 Å². The zero-order chi connectivity index (χ0) is 12.0. The average molecular weight is 226 g/mol. The number of nitrogens with zero attached hydrogens (tertiary/aromatic N) is 1. The van der Waals surface area contributed by atoms with Crippen LogP contribution >= 0.6 is 0 Å². The molecule has 0 aromatic carbocycles. The SMILES string of the molecule is CC(C)CC(CN)CCN(C)C1CCCC1. The fourth-order valence-electron chi connectivity index (χ4n) is 2.91. The molecule has 1 unspecified atom stereocenters. The molecule has 2 heteroatoms. The Morgan fingerprint density at radius 3 is 2.38 bits per heavy atom. The Balaban J connectivity index is 2.20. The predicted octanol–water partition coefficient (Wildman–Crippen LogP) is 2.87. The largest absolute Gasteiger partial charge is 0.330 e. The smallest absolute Gasteiger partial charge is 0.00922 e. The molecule has 96 valence electrons. The van der Waals surface area contributed by atoms with Crippen LogP contribution in [0.4, 0.5) is 0 Å². The van der Waals surface area contributed by atoms with Crippen molar-refractivity contribution in [3.8, 4) is 0 Å². The highest BCUT2D eigenvalue weighted by Gasteiger charge is 2.20. The van der Waals surface area contributed by atoms with E-state index < -0.39 is 0 Å². The van der Waals surface area contributed by atoms with Gasteiger partial charge in [-0.3, -0.25) is 0 Å². The van der Waals surface area contributed by atoms with E-state index in [0.717, 1.165) is 24.4 Å². The van der Waals surface area contributed by atoms with Gasteiger partial charge < -0.3 is 10.6 Å². The summed E-state index contributed by atoms with van der Waals surface area (Å²) in [5, 5.41) is 0. The monoisotopic (exact) mass is 226 g/mol. The molecule has 0 aromatic rings. The van der Waals surface area contributed by atoms with E-state index in [9.17, 15) is 0 Å². The Bertz CT molecular complexity index is 172. The van der Waals surface area contributed by atoms with Gasteiger partial charge in [0.2, 0.25) is 0 Å². The number of hydrogen-bond acceptors (Lipinski definition) is 2. The Labute approximate surface area is 102 Å². The maximum atomic E-state index is 5.84. The third-order valence-electron chi connectivity index (χ3n) is 3.98. The van der Waals surface area contributed by atoms with Crippen molar-refractivity contribution < 1.29 is 0 Å². The van der Waals surface area contributed by atoms with Crippen molar-refractivity contribution in [3.63, 3.8) is 0 Å². The molecule has 1 aliphatic rings. The molecular formula is C14H30N2. The summed E-state index contributed by atoms with van der Waals surface area (Å²) < 4.78 is 0. The molecule has 0 spiro atoms. The number of hydrogen-bond donors (Lipinski definition) is 1. The second-order valence-corrected chi connectivity index (χ2v) is 5.94. The molecule has 1 saturated carbocycles. The van der Waals surface area contributed by atoms with E-state index >= 15 is 0 Å². The Morgan fingerprint density at radius 1 is 1.25 bits per heavy atom. The van der Waals surface area contributed by atoms with Gasteiger partial charge in [-0.15, -0.1) is 0 Å². The van der Waals surface area contributed by atoms with Crippen LogP contribution in [-0.4, -0.2) is 31.1 Å². The Kier molecular flexibility index (Phi) is 6.37. The van der Waals surface area contributed by atoms with Crippen LogP contribution in [0.15, 0.2) is 0 Å². The Morgan fingerprint density at radius 2 is 1.88 bits per heavy atom. The van der Waals surface area contributed by atoms with Gasteiger partial charge in [0.05, 0.1) is 0 Å². The molecule has 0 amide bonds. The van der Waals surface area contributed by atoms with Gasteiger partial charge in [-0.25, -0.2) is 0 Å². The van der Waals surface area contributed by atoms with Gasteiger partial charge in [-0.05, 0) is 57.7 Å². The minimum absolute atomic E-state index is 0.726. The molecule has 0 aromatic heterocycles. The molecular weight excluding hydrogens is 196 g/mol. The highest BCUT2D eigenvalue weighted by Crippen LogP contribution is 2.23. The van der Waals surface area contributed by atoms with Gasteiger partial charge in [0, 0.05) is 6.04 Å². The summed E-state index contributed by atoms with van der Waals surface area (Å²) in [6.45, 7) is 6.68. The maximum Gasteiger partial charge on any atom is 0.00922 e. The molecule has 0 heterocycles. The van der Waals surface area contributed by atoms with Crippen LogP contribution in [0.3, 0.4) is 0 Å². The van der Waals surface area contributed by atoms with E-state index in [-0.39, 0.29) is 0 Å². The summed E-state index contributed by atoms with van der Waals surface area (Å²) in [6.07, 6.45) is 8.25. The van der Waals surface area contributed by atoms with Gasteiger partial charge in [0.25, 0.3) is 0 Å². The standard InChI is InChI=1S/C14H30N2/c1-12(2)10-13(11-15)8-9-16(3)14-6-4-5-7-14/h12-14H,4-11,15H2,1-3H3. The van der Waals surface area contributed by atoms with Gasteiger partial charge in [-0.1, -0.05) is 26.7 Å². The van der Waals surface area contributed by atoms with Crippen LogP contribution in [0.25, 0.3) is 0 Å². The summed E-state index contributed by atoms with van der Waals surface area (Å²) in [5.74, 6) is 1.51. The summed E-state index contributed by atoms with van der Waals surface area (Å²) in [7, 11) is 2.29. The molecule has 1 aliphatic carbocycles. The molecule has 1 rings (SSSR count). The molecule has 0 saturated heterocycles. The van der Waals surface area contributed by atoms with Gasteiger partial charge in [0.15, 0.2) is 0 Å².